The number of fused-ring (bicyclic) bond motifs is 1. The Morgan fingerprint density at radius 3 is 2.41 bits per heavy atom. The number of hydrogen-bond acceptors (Lipinski definition) is 3. The van der Waals surface area contributed by atoms with E-state index in [1.54, 1.807) is 0 Å². The number of alkyl carbamates (subject to hydrolysis) is 1. The minimum atomic E-state index is -0.467. The van der Waals surface area contributed by atoms with Gasteiger partial charge in [0, 0.05) is 25.7 Å². The molecule has 4 nitrogen and oxygen atoms in total. The Labute approximate surface area is 191 Å². The van der Waals surface area contributed by atoms with Crippen LogP contribution < -0.4 is 5.32 Å². The Morgan fingerprint density at radius 1 is 0.938 bits per heavy atom. The average molecular weight is 431 g/mol. The zero-order valence-electron chi connectivity index (χ0n) is 19.4. The Balaban J connectivity index is 1.36. The fraction of sp³-hybridized carbons (Fsp3) is 0.393. The fourth-order valence-electron chi connectivity index (χ4n) is 4.54. The van der Waals surface area contributed by atoms with Crippen LogP contribution >= 0.6 is 0 Å². The third-order valence-electron chi connectivity index (χ3n) is 6.05. The molecule has 32 heavy (non-hydrogen) atoms. The van der Waals surface area contributed by atoms with E-state index in [4.69, 9.17) is 4.74 Å². The maximum Gasteiger partial charge on any atom is 0.407 e. The number of aryl methyl sites for hydroxylation is 2. The summed E-state index contributed by atoms with van der Waals surface area (Å²) >= 11 is 0. The highest BCUT2D eigenvalue weighted by Gasteiger charge is 2.26. The van der Waals surface area contributed by atoms with Gasteiger partial charge in [-0.15, -0.1) is 0 Å². The number of amides is 1. The lowest BCUT2D eigenvalue weighted by atomic mass is 9.96. The summed E-state index contributed by atoms with van der Waals surface area (Å²) in [5.41, 5.74) is 3.72. The summed E-state index contributed by atoms with van der Waals surface area (Å²) in [5.74, 6) is 0. The van der Waals surface area contributed by atoms with Crippen molar-refractivity contribution in [2.75, 3.05) is 13.1 Å². The molecule has 3 aromatic rings. The van der Waals surface area contributed by atoms with Crippen LogP contribution in [0, 0.1) is 0 Å². The Kier molecular flexibility index (Phi) is 6.80. The normalized spacial score (nSPS) is 16.9. The van der Waals surface area contributed by atoms with Crippen LogP contribution in [-0.4, -0.2) is 35.7 Å². The van der Waals surface area contributed by atoms with E-state index >= 15 is 0 Å². The van der Waals surface area contributed by atoms with E-state index in [1.165, 1.54) is 27.5 Å². The van der Waals surface area contributed by atoms with Gasteiger partial charge in [-0.1, -0.05) is 66.7 Å². The van der Waals surface area contributed by atoms with E-state index in [0.29, 0.717) is 0 Å². The Hall–Kier alpha value is -2.85. The topological polar surface area (TPSA) is 41.6 Å². The molecule has 1 atom stereocenters. The fourth-order valence-corrected chi connectivity index (χ4v) is 4.54. The van der Waals surface area contributed by atoms with Gasteiger partial charge in [-0.2, -0.15) is 0 Å². The van der Waals surface area contributed by atoms with Gasteiger partial charge in [-0.3, -0.25) is 4.90 Å². The van der Waals surface area contributed by atoms with Crippen LogP contribution in [0.1, 0.15) is 43.9 Å². The van der Waals surface area contributed by atoms with Crippen LogP contribution in [0.25, 0.3) is 10.8 Å². The lowest BCUT2D eigenvalue weighted by Crippen LogP contribution is -2.40. The predicted octanol–water partition coefficient (Wildman–Crippen LogP) is 5.72. The number of likely N-dealkylation sites (tertiary alicyclic amines) is 1. The Morgan fingerprint density at radius 2 is 1.59 bits per heavy atom. The molecule has 0 aromatic heterocycles. The van der Waals surface area contributed by atoms with E-state index in [-0.39, 0.29) is 12.1 Å². The molecule has 1 heterocycles. The van der Waals surface area contributed by atoms with E-state index in [1.807, 2.05) is 20.8 Å². The molecule has 0 aliphatic carbocycles. The number of nitrogens with zero attached hydrogens (tertiary/aromatic N) is 1. The molecule has 0 radical (unpaired) electrons. The largest absolute Gasteiger partial charge is 0.444 e. The second-order valence-electron chi connectivity index (χ2n) is 9.77. The first-order chi connectivity index (χ1) is 15.4. The van der Waals surface area contributed by atoms with E-state index < -0.39 is 5.60 Å². The van der Waals surface area contributed by atoms with Gasteiger partial charge in [0.15, 0.2) is 0 Å². The third-order valence-corrected chi connectivity index (χ3v) is 6.05. The molecule has 1 unspecified atom stereocenters. The molecular weight excluding hydrogens is 396 g/mol. The molecule has 4 heteroatoms. The summed E-state index contributed by atoms with van der Waals surface area (Å²) in [7, 11) is 0. The zero-order chi connectivity index (χ0) is 22.6. The molecule has 1 N–H and O–H groups in total. The molecular formula is C28H34N2O2. The maximum absolute atomic E-state index is 12.1. The van der Waals surface area contributed by atoms with Crippen LogP contribution in [-0.2, 0) is 24.1 Å². The molecule has 1 fully saturated rings. The van der Waals surface area contributed by atoms with Crippen molar-refractivity contribution in [3.05, 3.63) is 83.4 Å². The predicted molar refractivity (Wildman–Crippen MR) is 131 cm³/mol. The van der Waals surface area contributed by atoms with Gasteiger partial charge in [0.2, 0.25) is 0 Å². The lowest BCUT2D eigenvalue weighted by molar-refractivity contribution is 0.0505. The number of rotatable bonds is 6. The SMILES string of the molecule is CC(C)(C)OC(=O)NC1CCN(Cc2ccccc2CCc2cccc3ccccc23)C1. The van der Waals surface area contributed by atoms with Crippen molar-refractivity contribution in [1.82, 2.24) is 10.2 Å². The van der Waals surface area contributed by atoms with Crippen molar-refractivity contribution in [3.8, 4) is 0 Å². The molecule has 0 saturated carbocycles. The third kappa shape index (κ3) is 5.89. The van der Waals surface area contributed by atoms with E-state index in [2.05, 4.69) is 76.9 Å². The van der Waals surface area contributed by atoms with Crippen LogP contribution in [0.5, 0.6) is 0 Å². The summed E-state index contributed by atoms with van der Waals surface area (Å²) in [4.78, 5) is 14.5. The molecule has 3 aromatic carbocycles. The van der Waals surface area contributed by atoms with Crippen molar-refractivity contribution in [2.24, 2.45) is 0 Å². The van der Waals surface area contributed by atoms with Gasteiger partial charge in [0.25, 0.3) is 0 Å². The van der Waals surface area contributed by atoms with Gasteiger partial charge >= 0.3 is 6.09 Å². The summed E-state index contributed by atoms with van der Waals surface area (Å²) in [5, 5.41) is 5.68. The van der Waals surface area contributed by atoms with Crippen molar-refractivity contribution >= 4 is 16.9 Å². The maximum atomic E-state index is 12.1. The van der Waals surface area contributed by atoms with Crippen LogP contribution in [0.4, 0.5) is 4.79 Å². The van der Waals surface area contributed by atoms with Gasteiger partial charge in [-0.05, 0) is 67.5 Å². The number of carbonyl (C=O) groups is 1. The van der Waals surface area contributed by atoms with Crippen LogP contribution in [0.3, 0.4) is 0 Å². The van der Waals surface area contributed by atoms with Crippen molar-refractivity contribution in [2.45, 2.75) is 58.2 Å². The van der Waals surface area contributed by atoms with Gasteiger partial charge in [0.05, 0.1) is 0 Å². The monoisotopic (exact) mass is 430 g/mol. The zero-order valence-corrected chi connectivity index (χ0v) is 19.4. The average Bonchev–Trinajstić information content (AvgIpc) is 3.18. The number of nitrogens with one attached hydrogen (secondary N) is 1. The summed E-state index contributed by atoms with van der Waals surface area (Å²) in [6.45, 7) is 8.43. The minimum absolute atomic E-state index is 0.146. The molecule has 4 rings (SSSR count). The molecule has 1 saturated heterocycles. The summed E-state index contributed by atoms with van der Waals surface area (Å²) in [6.07, 6.45) is 2.69. The second kappa shape index (κ2) is 9.74. The number of ether oxygens (including phenoxy) is 1. The molecule has 168 valence electrons. The second-order valence-corrected chi connectivity index (χ2v) is 9.77. The van der Waals surface area contributed by atoms with Crippen molar-refractivity contribution in [3.63, 3.8) is 0 Å². The molecule has 0 bridgehead atoms. The highest BCUT2D eigenvalue weighted by atomic mass is 16.6. The first-order valence-corrected chi connectivity index (χ1v) is 11.6. The first-order valence-electron chi connectivity index (χ1n) is 11.6. The number of hydrogen-bond donors (Lipinski definition) is 1. The number of carbonyl (C=O) groups excluding carboxylic acids is 1. The lowest BCUT2D eigenvalue weighted by Gasteiger charge is -2.22. The highest BCUT2D eigenvalue weighted by molar-refractivity contribution is 5.85. The van der Waals surface area contributed by atoms with Crippen molar-refractivity contribution in [1.29, 1.82) is 0 Å². The highest BCUT2D eigenvalue weighted by Crippen LogP contribution is 2.22. The van der Waals surface area contributed by atoms with Gasteiger partial charge in [0.1, 0.15) is 5.60 Å². The van der Waals surface area contributed by atoms with Crippen LogP contribution in [0.2, 0.25) is 0 Å². The van der Waals surface area contributed by atoms with Gasteiger partial charge < -0.3 is 10.1 Å². The smallest absolute Gasteiger partial charge is 0.407 e. The molecule has 1 aliphatic rings. The molecule has 0 spiro atoms. The minimum Gasteiger partial charge on any atom is -0.444 e. The summed E-state index contributed by atoms with van der Waals surface area (Å²) in [6, 6.07) is 24.1. The van der Waals surface area contributed by atoms with E-state index in [9.17, 15) is 4.79 Å². The summed E-state index contributed by atoms with van der Waals surface area (Å²) < 4.78 is 5.41. The first kappa shape index (κ1) is 22.3. The molecule has 1 aliphatic heterocycles. The van der Waals surface area contributed by atoms with E-state index in [0.717, 1.165) is 38.9 Å². The van der Waals surface area contributed by atoms with Crippen LogP contribution in [0.15, 0.2) is 66.7 Å². The molecule has 1 amide bonds. The van der Waals surface area contributed by atoms with Gasteiger partial charge in [-0.25, -0.2) is 4.79 Å². The quantitative estimate of drug-likeness (QED) is 0.543. The van der Waals surface area contributed by atoms with Crippen molar-refractivity contribution < 1.29 is 9.53 Å². The standard InChI is InChI=1S/C28H34N2O2/c1-28(2,3)32-27(31)29-25-17-18-30(20-25)19-24-11-5-4-9-21(24)15-16-23-13-8-12-22-10-6-7-14-26(22)23/h4-14,25H,15-20H2,1-3H3,(H,29,31). The number of benzene rings is 3. The Bertz CT molecular complexity index is 1060.